The molecule has 3 aromatic rings. The summed E-state index contributed by atoms with van der Waals surface area (Å²) in [7, 11) is -3.98. The van der Waals surface area contributed by atoms with Gasteiger partial charge in [-0.3, -0.25) is 4.57 Å². The molecule has 0 radical (unpaired) electrons. The van der Waals surface area contributed by atoms with Gasteiger partial charge in [0, 0.05) is 28.4 Å². The van der Waals surface area contributed by atoms with Crippen LogP contribution >= 0.6 is 7.60 Å². The van der Waals surface area contributed by atoms with Crippen molar-refractivity contribution in [2.75, 3.05) is 6.16 Å². The minimum absolute atomic E-state index is 0.143. The van der Waals surface area contributed by atoms with Crippen LogP contribution in [-0.4, -0.2) is 20.5 Å². The van der Waals surface area contributed by atoms with Crippen LogP contribution in [0.2, 0.25) is 0 Å². The second-order valence-electron chi connectivity index (χ2n) is 4.57. The highest BCUT2D eigenvalue weighted by atomic mass is 31.2. The molecular formula is C14H14NO3P. The highest BCUT2D eigenvalue weighted by Gasteiger charge is 2.15. The molecule has 19 heavy (non-hydrogen) atoms. The van der Waals surface area contributed by atoms with E-state index in [1.54, 1.807) is 0 Å². The molecule has 0 unspecified atom stereocenters. The molecule has 0 aliphatic rings. The molecule has 0 saturated carbocycles. The van der Waals surface area contributed by atoms with Crippen molar-refractivity contribution in [3.05, 3.63) is 48.5 Å². The van der Waals surface area contributed by atoms with E-state index in [2.05, 4.69) is 0 Å². The number of hydrogen-bond donors (Lipinski definition) is 2. The highest BCUT2D eigenvalue weighted by Crippen LogP contribution is 2.36. The maximum atomic E-state index is 11.1. The monoisotopic (exact) mass is 275 g/mol. The SMILES string of the molecule is O=P(O)(O)CCn1c2ccccc2c2ccccc21. The summed E-state index contributed by atoms with van der Waals surface area (Å²) in [6.07, 6.45) is -0.143. The Hall–Kier alpha value is -1.61. The van der Waals surface area contributed by atoms with Crippen LogP contribution in [0.3, 0.4) is 0 Å². The highest BCUT2D eigenvalue weighted by molar-refractivity contribution is 7.51. The first-order chi connectivity index (χ1) is 9.06. The van der Waals surface area contributed by atoms with Crippen molar-refractivity contribution in [2.45, 2.75) is 6.54 Å². The van der Waals surface area contributed by atoms with Crippen molar-refractivity contribution in [2.24, 2.45) is 0 Å². The van der Waals surface area contributed by atoms with Gasteiger partial charge in [0.15, 0.2) is 0 Å². The van der Waals surface area contributed by atoms with Gasteiger partial charge in [-0.15, -0.1) is 0 Å². The Morgan fingerprint density at radius 3 is 1.84 bits per heavy atom. The summed E-state index contributed by atoms with van der Waals surface area (Å²) in [5, 5.41) is 2.23. The number of fused-ring (bicyclic) bond motifs is 3. The van der Waals surface area contributed by atoms with Gasteiger partial charge in [-0.2, -0.15) is 0 Å². The zero-order valence-corrected chi connectivity index (χ0v) is 11.1. The Morgan fingerprint density at radius 1 is 0.895 bits per heavy atom. The second-order valence-corrected chi connectivity index (χ2v) is 6.35. The molecule has 3 rings (SSSR count). The van der Waals surface area contributed by atoms with Crippen LogP contribution in [0.4, 0.5) is 0 Å². The minimum Gasteiger partial charge on any atom is -0.340 e. The molecule has 0 aliphatic carbocycles. The van der Waals surface area contributed by atoms with Gasteiger partial charge in [-0.05, 0) is 12.1 Å². The van der Waals surface area contributed by atoms with E-state index in [4.69, 9.17) is 9.79 Å². The molecule has 0 amide bonds. The fourth-order valence-corrected chi connectivity index (χ4v) is 2.94. The number of nitrogens with zero attached hydrogens (tertiary/aromatic N) is 1. The molecule has 5 heteroatoms. The maximum Gasteiger partial charge on any atom is 0.327 e. The summed E-state index contributed by atoms with van der Waals surface area (Å²) in [6, 6.07) is 15.9. The maximum absolute atomic E-state index is 11.1. The van der Waals surface area contributed by atoms with Crippen molar-refractivity contribution in [1.82, 2.24) is 4.57 Å². The van der Waals surface area contributed by atoms with Crippen molar-refractivity contribution in [3.63, 3.8) is 0 Å². The Kier molecular flexibility index (Phi) is 2.94. The molecule has 0 bridgehead atoms. The molecule has 2 aromatic carbocycles. The number of rotatable bonds is 3. The van der Waals surface area contributed by atoms with E-state index >= 15 is 0 Å². The summed E-state index contributed by atoms with van der Waals surface area (Å²) >= 11 is 0. The van der Waals surface area contributed by atoms with E-state index in [-0.39, 0.29) is 6.16 Å². The molecule has 1 aromatic heterocycles. The van der Waals surface area contributed by atoms with Crippen molar-refractivity contribution in [3.8, 4) is 0 Å². The van der Waals surface area contributed by atoms with E-state index in [1.807, 2.05) is 53.1 Å². The minimum atomic E-state index is -3.98. The predicted molar refractivity (Wildman–Crippen MR) is 76.4 cm³/mol. The number of hydrogen-bond acceptors (Lipinski definition) is 1. The van der Waals surface area contributed by atoms with E-state index in [1.165, 1.54) is 0 Å². The van der Waals surface area contributed by atoms with E-state index < -0.39 is 7.60 Å². The van der Waals surface area contributed by atoms with Gasteiger partial charge in [-0.25, -0.2) is 0 Å². The number of para-hydroxylation sites is 2. The Bertz CT molecular complexity index is 734. The lowest BCUT2D eigenvalue weighted by Crippen LogP contribution is -2.02. The van der Waals surface area contributed by atoms with E-state index in [0.29, 0.717) is 6.54 Å². The lowest BCUT2D eigenvalue weighted by atomic mass is 10.2. The van der Waals surface area contributed by atoms with Crippen molar-refractivity contribution >= 4 is 29.4 Å². The van der Waals surface area contributed by atoms with Gasteiger partial charge < -0.3 is 14.4 Å². The largest absolute Gasteiger partial charge is 0.340 e. The molecule has 98 valence electrons. The summed E-state index contributed by atoms with van der Waals surface area (Å²) in [5.74, 6) is 0. The molecule has 0 fully saturated rings. The van der Waals surface area contributed by atoms with Crippen LogP contribution in [0.25, 0.3) is 21.8 Å². The van der Waals surface area contributed by atoms with Gasteiger partial charge >= 0.3 is 7.60 Å². The van der Waals surface area contributed by atoms with Crippen LogP contribution in [0.5, 0.6) is 0 Å². The number of aryl methyl sites for hydroxylation is 1. The summed E-state index contributed by atoms with van der Waals surface area (Å²) in [6.45, 7) is 0.318. The third-order valence-electron chi connectivity index (χ3n) is 3.29. The summed E-state index contributed by atoms with van der Waals surface area (Å²) in [5.41, 5.74) is 2.02. The van der Waals surface area contributed by atoms with Crippen molar-refractivity contribution in [1.29, 1.82) is 0 Å². The summed E-state index contributed by atoms with van der Waals surface area (Å²) < 4.78 is 13.1. The van der Waals surface area contributed by atoms with Crippen LogP contribution in [0.1, 0.15) is 0 Å². The van der Waals surface area contributed by atoms with E-state index in [0.717, 1.165) is 21.8 Å². The number of benzene rings is 2. The van der Waals surface area contributed by atoms with Gasteiger partial charge in [0.1, 0.15) is 0 Å². The van der Waals surface area contributed by atoms with Gasteiger partial charge in [0.2, 0.25) is 0 Å². The van der Waals surface area contributed by atoms with Gasteiger partial charge in [0.25, 0.3) is 0 Å². The average molecular weight is 275 g/mol. The lowest BCUT2D eigenvalue weighted by Gasteiger charge is -2.08. The smallest absolute Gasteiger partial charge is 0.327 e. The standard InChI is InChI=1S/C14H14NO3P/c16-19(17,18)10-9-15-13-7-3-1-5-11(13)12-6-2-4-8-14(12)15/h1-8H,9-10H2,(H2,16,17,18). The molecule has 0 aliphatic heterocycles. The van der Waals surface area contributed by atoms with Crippen molar-refractivity contribution < 1.29 is 14.4 Å². The third-order valence-corrected chi connectivity index (χ3v) is 4.08. The summed E-state index contributed by atoms with van der Waals surface area (Å²) in [4.78, 5) is 18.1. The zero-order valence-electron chi connectivity index (χ0n) is 10.2. The Balaban J connectivity index is 2.22. The average Bonchev–Trinajstić information content (AvgIpc) is 2.70. The normalized spacial score (nSPS) is 12.3. The van der Waals surface area contributed by atoms with Gasteiger partial charge in [-0.1, -0.05) is 36.4 Å². The third kappa shape index (κ3) is 2.30. The fourth-order valence-electron chi connectivity index (χ4n) is 2.47. The van der Waals surface area contributed by atoms with Crippen LogP contribution in [0, 0.1) is 0 Å². The van der Waals surface area contributed by atoms with Crippen LogP contribution in [0.15, 0.2) is 48.5 Å². The van der Waals surface area contributed by atoms with Crippen LogP contribution < -0.4 is 0 Å². The topological polar surface area (TPSA) is 62.5 Å². The first-order valence-electron chi connectivity index (χ1n) is 6.07. The molecule has 0 saturated heterocycles. The molecule has 2 N–H and O–H groups in total. The van der Waals surface area contributed by atoms with E-state index in [9.17, 15) is 4.57 Å². The Morgan fingerprint density at radius 2 is 1.37 bits per heavy atom. The second kappa shape index (κ2) is 4.49. The molecule has 4 nitrogen and oxygen atoms in total. The Labute approximate surface area is 110 Å². The van der Waals surface area contributed by atoms with Gasteiger partial charge in [0.05, 0.1) is 6.16 Å². The molecule has 0 atom stereocenters. The van der Waals surface area contributed by atoms with Crippen LogP contribution in [-0.2, 0) is 11.1 Å². The fraction of sp³-hybridized carbons (Fsp3) is 0.143. The first-order valence-corrected chi connectivity index (χ1v) is 7.86. The molecular weight excluding hydrogens is 261 g/mol. The first kappa shape index (κ1) is 12.4. The quantitative estimate of drug-likeness (QED) is 0.722. The zero-order chi connectivity index (χ0) is 13.5. The molecule has 0 spiro atoms. The lowest BCUT2D eigenvalue weighted by molar-refractivity contribution is 0.370. The number of aromatic nitrogens is 1. The molecule has 1 heterocycles. The predicted octanol–water partition coefficient (Wildman–Crippen LogP) is 2.97.